The Morgan fingerprint density at radius 1 is 1.06 bits per heavy atom. The summed E-state index contributed by atoms with van der Waals surface area (Å²) in [6.45, 7) is 3.59. The summed E-state index contributed by atoms with van der Waals surface area (Å²) in [6.07, 6.45) is -4.36. The fourth-order valence-electron chi connectivity index (χ4n) is 4.18. The number of methoxy groups -OCH3 is 1. The quantitative estimate of drug-likeness (QED) is 0.512. The molecule has 9 heteroatoms. The van der Waals surface area contributed by atoms with E-state index in [4.69, 9.17) is 9.47 Å². The fourth-order valence-corrected chi connectivity index (χ4v) is 4.80. The van der Waals surface area contributed by atoms with E-state index in [9.17, 15) is 21.6 Å². The van der Waals surface area contributed by atoms with Crippen LogP contribution in [-0.2, 0) is 16.2 Å². The highest BCUT2D eigenvalue weighted by atomic mass is 32.2. The first-order valence-electron chi connectivity index (χ1n) is 10.0. The number of nitrogens with one attached hydrogen (secondary N) is 1. The molecule has 0 bridgehead atoms. The number of hydrogen-bond acceptors (Lipinski definition) is 4. The maximum Gasteiger partial charge on any atom is 0.416 e. The van der Waals surface area contributed by atoms with Crippen LogP contribution in [0.3, 0.4) is 0 Å². The van der Waals surface area contributed by atoms with Gasteiger partial charge in [-0.2, -0.15) is 13.2 Å². The minimum atomic E-state index is -4.51. The van der Waals surface area contributed by atoms with Crippen molar-refractivity contribution in [1.29, 1.82) is 0 Å². The van der Waals surface area contributed by atoms with Crippen molar-refractivity contribution in [3.05, 3.63) is 76.3 Å². The van der Waals surface area contributed by atoms with Gasteiger partial charge in [0.1, 0.15) is 17.6 Å². The van der Waals surface area contributed by atoms with Crippen molar-refractivity contribution < 1.29 is 31.1 Å². The third kappa shape index (κ3) is 4.25. The molecule has 5 nitrogen and oxygen atoms in total. The standard InChI is InChI=1S/C24H22F3NO4S/c1-13-8-11-19-21(22(13)31-3)17-9-10-18(28-33(4,29)30)14(2)20(17)23(32-19)15-6-5-7-16(12-15)24(25,26)27/h5-12,23,28H,1-4H3. The normalized spacial score (nSPS) is 15.3. The summed E-state index contributed by atoms with van der Waals surface area (Å²) in [5.41, 5.74) is 3.19. The van der Waals surface area contributed by atoms with Gasteiger partial charge < -0.3 is 9.47 Å². The zero-order valence-electron chi connectivity index (χ0n) is 18.4. The number of rotatable bonds is 4. The van der Waals surface area contributed by atoms with Gasteiger partial charge in [-0.3, -0.25) is 4.72 Å². The summed E-state index contributed by atoms with van der Waals surface area (Å²) in [7, 11) is -2.04. The molecule has 4 rings (SSSR count). The van der Waals surface area contributed by atoms with Crippen LogP contribution in [0.15, 0.2) is 48.5 Å². The number of halogens is 3. The number of alkyl halides is 3. The topological polar surface area (TPSA) is 64.6 Å². The first-order valence-corrected chi connectivity index (χ1v) is 11.9. The Bertz CT molecular complexity index is 1350. The van der Waals surface area contributed by atoms with E-state index < -0.39 is 27.9 Å². The van der Waals surface area contributed by atoms with Crippen LogP contribution in [0.5, 0.6) is 11.5 Å². The lowest BCUT2D eigenvalue weighted by molar-refractivity contribution is -0.137. The molecule has 1 heterocycles. The Balaban J connectivity index is 2.00. The van der Waals surface area contributed by atoms with Crippen molar-refractivity contribution >= 4 is 15.7 Å². The van der Waals surface area contributed by atoms with Gasteiger partial charge in [0.05, 0.1) is 30.2 Å². The molecule has 0 aliphatic carbocycles. The van der Waals surface area contributed by atoms with Crippen molar-refractivity contribution in [2.75, 3.05) is 18.1 Å². The minimum absolute atomic E-state index is 0.302. The molecule has 1 N–H and O–H groups in total. The van der Waals surface area contributed by atoms with Crippen LogP contribution in [-0.4, -0.2) is 21.8 Å². The van der Waals surface area contributed by atoms with Crippen LogP contribution in [0.25, 0.3) is 11.1 Å². The Kier molecular flexibility index (Phi) is 5.56. The third-order valence-electron chi connectivity index (χ3n) is 5.62. The summed E-state index contributed by atoms with van der Waals surface area (Å²) < 4.78 is 78.3. The molecule has 1 atom stereocenters. The number of fused-ring (bicyclic) bond motifs is 3. The van der Waals surface area contributed by atoms with Crippen LogP contribution >= 0.6 is 0 Å². The molecule has 0 saturated carbocycles. The molecule has 0 radical (unpaired) electrons. The Morgan fingerprint density at radius 3 is 2.42 bits per heavy atom. The lowest BCUT2D eigenvalue weighted by Gasteiger charge is -2.33. The van der Waals surface area contributed by atoms with Gasteiger partial charge in [-0.25, -0.2) is 8.42 Å². The molecule has 0 amide bonds. The average molecular weight is 478 g/mol. The van der Waals surface area contributed by atoms with Gasteiger partial charge in [-0.1, -0.05) is 24.3 Å². The minimum Gasteiger partial charge on any atom is -0.496 e. The van der Waals surface area contributed by atoms with E-state index in [1.807, 2.05) is 13.0 Å². The molecule has 3 aromatic carbocycles. The SMILES string of the molecule is COc1c(C)ccc2c1-c1ccc(NS(C)(=O)=O)c(C)c1C(c1cccc(C(F)(F)F)c1)O2. The van der Waals surface area contributed by atoms with E-state index >= 15 is 0 Å². The van der Waals surface area contributed by atoms with Crippen molar-refractivity contribution in [2.24, 2.45) is 0 Å². The zero-order valence-corrected chi connectivity index (χ0v) is 19.2. The van der Waals surface area contributed by atoms with E-state index in [0.717, 1.165) is 24.0 Å². The van der Waals surface area contributed by atoms with Gasteiger partial charge in [-0.05, 0) is 60.4 Å². The van der Waals surface area contributed by atoms with Gasteiger partial charge >= 0.3 is 6.18 Å². The number of aryl methyl sites for hydroxylation is 1. The van der Waals surface area contributed by atoms with Crippen LogP contribution in [0.1, 0.15) is 33.9 Å². The molecule has 0 aromatic heterocycles. The van der Waals surface area contributed by atoms with E-state index in [1.54, 1.807) is 31.2 Å². The third-order valence-corrected chi connectivity index (χ3v) is 6.21. The van der Waals surface area contributed by atoms with Gasteiger partial charge in [0.15, 0.2) is 0 Å². The zero-order chi connectivity index (χ0) is 24.1. The van der Waals surface area contributed by atoms with E-state index in [2.05, 4.69) is 4.72 Å². The summed E-state index contributed by atoms with van der Waals surface area (Å²) in [5.74, 6) is 1.05. The summed E-state index contributed by atoms with van der Waals surface area (Å²) >= 11 is 0. The molecule has 0 spiro atoms. The second kappa shape index (κ2) is 7.98. The number of anilines is 1. The Morgan fingerprint density at radius 2 is 1.79 bits per heavy atom. The number of benzene rings is 3. The largest absolute Gasteiger partial charge is 0.496 e. The monoisotopic (exact) mass is 477 g/mol. The lowest BCUT2D eigenvalue weighted by atomic mass is 9.85. The highest BCUT2D eigenvalue weighted by molar-refractivity contribution is 7.92. The van der Waals surface area contributed by atoms with E-state index in [-0.39, 0.29) is 0 Å². The van der Waals surface area contributed by atoms with Crippen LogP contribution in [0.2, 0.25) is 0 Å². The second-order valence-electron chi connectivity index (χ2n) is 7.98. The Labute approximate surface area is 190 Å². The highest BCUT2D eigenvalue weighted by Crippen LogP contribution is 2.52. The van der Waals surface area contributed by atoms with Gasteiger partial charge in [0.2, 0.25) is 10.0 Å². The number of sulfonamides is 1. The molecular formula is C24H22F3NO4S. The van der Waals surface area contributed by atoms with Gasteiger partial charge in [-0.15, -0.1) is 0 Å². The summed E-state index contributed by atoms with van der Waals surface area (Å²) in [6, 6.07) is 11.9. The van der Waals surface area contributed by atoms with Crippen LogP contribution in [0.4, 0.5) is 18.9 Å². The predicted octanol–water partition coefficient (Wildman–Crippen LogP) is 5.85. The molecule has 33 heavy (non-hydrogen) atoms. The van der Waals surface area contributed by atoms with Gasteiger partial charge in [0.25, 0.3) is 0 Å². The van der Waals surface area contributed by atoms with Crippen molar-refractivity contribution in [1.82, 2.24) is 0 Å². The molecule has 1 aliphatic heterocycles. The molecule has 0 fully saturated rings. The van der Waals surface area contributed by atoms with E-state index in [1.165, 1.54) is 13.2 Å². The smallest absolute Gasteiger partial charge is 0.416 e. The van der Waals surface area contributed by atoms with Crippen LogP contribution in [0, 0.1) is 13.8 Å². The molecular weight excluding hydrogens is 455 g/mol. The molecule has 174 valence electrons. The summed E-state index contributed by atoms with van der Waals surface area (Å²) in [5, 5.41) is 0. The fraction of sp³-hybridized carbons (Fsp3) is 0.250. The molecule has 1 unspecified atom stereocenters. The van der Waals surface area contributed by atoms with Crippen molar-refractivity contribution in [3.8, 4) is 22.6 Å². The Hall–Kier alpha value is -3.20. The maximum absolute atomic E-state index is 13.4. The lowest BCUT2D eigenvalue weighted by Crippen LogP contribution is -2.20. The molecule has 0 saturated heterocycles. The number of ether oxygens (including phenoxy) is 2. The molecule has 1 aliphatic rings. The first kappa shape index (κ1) is 23.0. The first-order chi connectivity index (χ1) is 15.4. The second-order valence-corrected chi connectivity index (χ2v) is 9.73. The average Bonchev–Trinajstić information content (AvgIpc) is 2.73. The van der Waals surface area contributed by atoms with Crippen LogP contribution < -0.4 is 14.2 Å². The highest BCUT2D eigenvalue weighted by Gasteiger charge is 2.35. The predicted molar refractivity (Wildman–Crippen MR) is 120 cm³/mol. The molecule has 3 aromatic rings. The summed E-state index contributed by atoms with van der Waals surface area (Å²) in [4.78, 5) is 0. The van der Waals surface area contributed by atoms with Crippen molar-refractivity contribution in [3.63, 3.8) is 0 Å². The van der Waals surface area contributed by atoms with Crippen molar-refractivity contribution in [2.45, 2.75) is 26.1 Å². The van der Waals surface area contributed by atoms with E-state index in [0.29, 0.717) is 45.0 Å². The maximum atomic E-state index is 13.4. The van der Waals surface area contributed by atoms with Gasteiger partial charge in [0, 0.05) is 5.56 Å². The number of hydrogen-bond donors (Lipinski definition) is 1.